The van der Waals surface area contributed by atoms with Crippen LogP contribution < -0.4 is 5.32 Å². The first kappa shape index (κ1) is 12.7. The van der Waals surface area contributed by atoms with E-state index < -0.39 is 12.0 Å². The van der Waals surface area contributed by atoms with Crippen LogP contribution in [0.15, 0.2) is 12.7 Å². The average molecular weight is 226 g/mol. The van der Waals surface area contributed by atoms with Gasteiger partial charge in [0.05, 0.1) is 5.92 Å². The molecule has 1 fully saturated rings. The average Bonchev–Trinajstić information content (AvgIpc) is 2.64. The first-order chi connectivity index (χ1) is 7.54. The van der Waals surface area contributed by atoms with Gasteiger partial charge in [-0.2, -0.15) is 0 Å². The van der Waals surface area contributed by atoms with E-state index in [0.717, 1.165) is 13.0 Å². The molecule has 0 spiro atoms. The second-order valence-electron chi connectivity index (χ2n) is 4.17. The van der Waals surface area contributed by atoms with E-state index in [1.54, 1.807) is 0 Å². The van der Waals surface area contributed by atoms with Crippen LogP contribution in [-0.4, -0.2) is 48.1 Å². The SMILES string of the molecule is C=CCC(NC(=O)C1CCN(C)C1)C(=O)O. The van der Waals surface area contributed by atoms with Crippen LogP contribution in [0.2, 0.25) is 0 Å². The molecule has 0 aliphatic carbocycles. The van der Waals surface area contributed by atoms with Crippen LogP contribution in [0.4, 0.5) is 0 Å². The summed E-state index contributed by atoms with van der Waals surface area (Å²) in [4.78, 5) is 24.6. The number of rotatable bonds is 5. The number of carboxylic acid groups (broad SMARTS) is 1. The Hall–Kier alpha value is -1.36. The second-order valence-corrected chi connectivity index (χ2v) is 4.17. The molecule has 5 heteroatoms. The fourth-order valence-corrected chi connectivity index (χ4v) is 1.83. The molecule has 0 radical (unpaired) electrons. The van der Waals surface area contributed by atoms with Gasteiger partial charge in [-0.3, -0.25) is 4.79 Å². The van der Waals surface area contributed by atoms with Crippen LogP contribution in [0.5, 0.6) is 0 Å². The Labute approximate surface area is 95.1 Å². The minimum Gasteiger partial charge on any atom is -0.480 e. The van der Waals surface area contributed by atoms with E-state index in [-0.39, 0.29) is 18.2 Å². The summed E-state index contributed by atoms with van der Waals surface area (Å²) in [6.45, 7) is 5.06. The predicted molar refractivity (Wildman–Crippen MR) is 60.0 cm³/mol. The van der Waals surface area contributed by atoms with Gasteiger partial charge in [-0.15, -0.1) is 6.58 Å². The zero-order chi connectivity index (χ0) is 12.1. The zero-order valence-electron chi connectivity index (χ0n) is 9.48. The van der Waals surface area contributed by atoms with Crippen LogP contribution in [0.3, 0.4) is 0 Å². The first-order valence-electron chi connectivity index (χ1n) is 5.37. The second kappa shape index (κ2) is 5.65. The number of hydrogen-bond acceptors (Lipinski definition) is 3. The number of nitrogens with one attached hydrogen (secondary N) is 1. The molecule has 1 heterocycles. The summed E-state index contributed by atoms with van der Waals surface area (Å²) < 4.78 is 0. The van der Waals surface area contributed by atoms with E-state index in [9.17, 15) is 9.59 Å². The summed E-state index contributed by atoms with van der Waals surface area (Å²) >= 11 is 0. The molecule has 0 aromatic rings. The summed E-state index contributed by atoms with van der Waals surface area (Å²) in [6.07, 6.45) is 2.55. The maximum atomic E-state index is 11.7. The monoisotopic (exact) mass is 226 g/mol. The maximum absolute atomic E-state index is 11.7. The largest absolute Gasteiger partial charge is 0.480 e. The lowest BCUT2D eigenvalue weighted by Crippen LogP contribution is -2.43. The third-order valence-electron chi connectivity index (χ3n) is 2.78. The molecule has 1 aliphatic rings. The number of amides is 1. The molecule has 1 amide bonds. The van der Waals surface area contributed by atoms with Crippen LogP contribution in [-0.2, 0) is 9.59 Å². The number of carbonyl (C=O) groups excluding carboxylic acids is 1. The van der Waals surface area contributed by atoms with E-state index >= 15 is 0 Å². The lowest BCUT2D eigenvalue weighted by atomic mass is 10.1. The van der Waals surface area contributed by atoms with E-state index in [1.807, 2.05) is 7.05 Å². The van der Waals surface area contributed by atoms with E-state index in [4.69, 9.17) is 5.11 Å². The molecule has 16 heavy (non-hydrogen) atoms. The van der Waals surface area contributed by atoms with Gasteiger partial charge in [0.2, 0.25) is 5.91 Å². The molecular formula is C11H18N2O3. The molecule has 0 aromatic heterocycles. The molecule has 1 rings (SSSR count). The minimum absolute atomic E-state index is 0.0864. The van der Waals surface area contributed by atoms with Crippen molar-refractivity contribution >= 4 is 11.9 Å². The highest BCUT2D eigenvalue weighted by Crippen LogP contribution is 2.14. The molecule has 2 atom stereocenters. The number of carbonyl (C=O) groups is 2. The molecule has 5 nitrogen and oxygen atoms in total. The van der Waals surface area contributed by atoms with Gasteiger partial charge in [0.25, 0.3) is 0 Å². The Morgan fingerprint density at radius 3 is 2.81 bits per heavy atom. The lowest BCUT2D eigenvalue weighted by molar-refractivity contribution is -0.142. The van der Waals surface area contributed by atoms with Crippen molar-refractivity contribution in [3.05, 3.63) is 12.7 Å². The fraction of sp³-hybridized carbons (Fsp3) is 0.636. The van der Waals surface area contributed by atoms with Gasteiger partial charge in [0.15, 0.2) is 0 Å². The standard InChI is InChI=1S/C11H18N2O3/c1-3-4-9(11(15)16)12-10(14)8-5-6-13(2)7-8/h3,8-9H,1,4-7H2,2H3,(H,12,14)(H,15,16). The van der Waals surface area contributed by atoms with Crippen LogP contribution in [0, 0.1) is 5.92 Å². The molecule has 2 unspecified atom stereocenters. The third kappa shape index (κ3) is 3.34. The highest BCUT2D eigenvalue weighted by atomic mass is 16.4. The zero-order valence-corrected chi connectivity index (χ0v) is 9.48. The number of carboxylic acids is 1. The summed E-state index contributed by atoms with van der Waals surface area (Å²) in [7, 11) is 1.95. The van der Waals surface area contributed by atoms with Gasteiger partial charge in [0, 0.05) is 6.54 Å². The molecule has 90 valence electrons. The molecule has 0 aromatic carbocycles. The van der Waals surface area contributed by atoms with E-state index in [1.165, 1.54) is 6.08 Å². The Morgan fingerprint density at radius 2 is 2.38 bits per heavy atom. The normalized spacial score (nSPS) is 22.7. The van der Waals surface area contributed by atoms with Gasteiger partial charge < -0.3 is 15.3 Å². The van der Waals surface area contributed by atoms with Crippen molar-refractivity contribution in [1.82, 2.24) is 10.2 Å². The third-order valence-corrected chi connectivity index (χ3v) is 2.78. The number of nitrogens with zero attached hydrogens (tertiary/aromatic N) is 1. The Bertz CT molecular complexity index is 291. The van der Waals surface area contributed by atoms with Crippen molar-refractivity contribution in [2.24, 2.45) is 5.92 Å². The highest BCUT2D eigenvalue weighted by Gasteiger charge is 2.28. The highest BCUT2D eigenvalue weighted by molar-refractivity contribution is 5.85. The minimum atomic E-state index is -1.01. The molecule has 0 bridgehead atoms. The van der Waals surface area contributed by atoms with Crippen LogP contribution in [0.25, 0.3) is 0 Å². The molecule has 0 saturated carbocycles. The quantitative estimate of drug-likeness (QED) is 0.652. The van der Waals surface area contributed by atoms with Gasteiger partial charge in [-0.1, -0.05) is 6.08 Å². The number of likely N-dealkylation sites (tertiary alicyclic amines) is 1. The lowest BCUT2D eigenvalue weighted by Gasteiger charge is -2.16. The smallest absolute Gasteiger partial charge is 0.326 e. The Balaban J connectivity index is 2.48. The van der Waals surface area contributed by atoms with Gasteiger partial charge in [0.1, 0.15) is 6.04 Å². The van der Waals surface area contributed by atoms with Gasteiger partial charge in [-0.05, 0) is 26.4 Å². The van der Waals surface area contributed by atoms with Crippen molar-refractivity contribution in [2.75, 3.05) is 20.1 Å². The van der Waals surface area contributed by atoms with Crippen LogP contribution >= 0.6 is 0 Å². The van der Waals surface area contributed by atoms with E-state index in [0.29, 0.717) is 6.54 Å². The van der Waals surface area contributed by atoms with Crippen molar-refractivity contribution in [2.45, 2.75) is 18.9 Å². The number of hydrogen-bond donors (Lipinski definition) is 2. The topological polar surface area (TPSA) is 69.6 Å². The summed E-state index contributed by atoms with van der Waals surface area (Å²) in [5, 5.41) is 11.4. The summed E-state index contributed by atoms with van der Waals surface area (Å²) in [5.74, 6) is -1.27. The maximum Gasteiger partial charge on any atom is 0.326 e. The first-order valence-corrected chi connectivity index (χ1v) is 5.37. The molecular weight excluding hydrogens is 208 g/mol. The summed E-state index contributed by atoms with van der Waals surface area (Å²) in [6, 6.07) is -0.851. The van der Waals surface area contributed by atoms with E-state index in [2.05, 4.69) is 16.8 Å². The van der Waals surface area contributed by atoms with Crippen molar-refractivity contribution in [3.8, 4) is 0 Å². The molecule has 1 aliphatic heterocycles. The summed E-state index contributed by atoms with van der Waals surface area (Å²) in [5.41, 5.74) is 0. The molecule has 1 saturated heterocycles. The molecule has 2 N–H and O–H groups in total. The predicted octanol–water partition coefficient (Wildman–Crippen LogP) is 0.0836. The Morgan fingerprint density at radius 1 is 1.69 bits per heavy atom. The number of aliphatic carboxylic acids is 1. The Kier molecular flexibility index (Phi) is 4.49. The van der Waals surface area contributed by atoms with Crippen LogP contribution in [0.1, 0.15) is 12.8 Å². The van der Waals surface area contributed by atoms with Crippen molar-refractivity contribution in [3.63, 3.8) is 0 Å². The van der Waals surface area contributed by atoms with Crippen molar-refractivity contribution < 1.29 is 14.7 Å². The fourth-order valence-electron chi connectivity index (χ4n) is 1.83. The van der Waals surface area contributed by atoms with Gasteiger partial charge in [-0.25, -0.2) is 4.79 Å². The van der Waals surface area contributed by atoms with Gasteiger partial charge >= 0.3 is 5.97 Å². The van der Waals surface area contributed by atoms with Crippen molar-refractivity contribution in [1.29, 1.82) is 0 Å².